The van der Waals surface area contributed by atoms with Gasteiger partial charge in [-0.05, 0) is 71.3 Å². The van der Waals surface area contributed by atoms with Gasteiger partial charge in [-0.3, -0.25) is 9.59 Å². The number of aromatic nitrogens is 2. The van der Waals surface area contributed by atoms with E-state index in [9.17, 15) is 36.6 Å². The first-order valence-corrected chi connectivity index (χ1v) is 14.4. The summed E-state index contributed by atoms with van der Waals surface area (Å²) in [5.41, 5.74) is -2.25. The summed E-state index contributed by atoms with van der Waals surface area (Å²) in [6, 6.07) is -1.76. The van der Waals surface area contributed by atoms with E-state index < -0.39 is 53.6 Å². The van der Waals surface area contributed by atoms with E-state index in [0.29, 0.717) is 12.8 Å². The number of aliphatic hydroxyl groups is 1. The van der Waals surface area contributed by atoms with Gasteiger partial charge in [0.15, 0.2) is 5.01 Å². The van der Waals surface area contributed by atoms with Gasteiger partial charge in [0.1, 0.15) is 17.6 Å². The number of carbonyl (C=O) groups is 2. The van der Waals surface area contributed by atoms with Gasteiger partial charge in [-0.25, -0.2) is 18.7 Å². The van der Waals surface area contributed by atoms with Crippen molar-refractivity contribution in [3.63, 3.8) is 0 Å². The Morgan fingerprint density at radius 3 is 2.22 bits per heavy atom. The molecule has 4 heterocycles. The summed E-state index contributed by atoms with van der Waals surface area (Å²) in [7, 11) is 0. The fraction of sp³-hybridized carbons (Fsp3) is 0.630. The number of thiazole rings is 1. The first-order chi connectivity index (χ1) is 19.1. The fourth-order valence-electron chi connectivity index (χ4n) is 5.52. The van der Waals surface area contributed by atoms with Crippen LogP contribution in [0.25, 0.3) is 10.4 Å². The van der Waals surface area contributed by atoms with Crippen molar-refractivity contribution < 1.29 is 36.6 Å². The minimum atomic E-state index is -4.58. The van der Waals surface area contributed by atoms with Crippen molar-refractivity contribution in [3.8, 4) is 10.4 Å². The average Bonchev–Trinajstić information content (AvgIpc) is 3.31. The Kier molecular flexibility index (Phi) is 7.77. The maximum atomic E-state index is 14.4. The van der Waals surface area contributed by atoms with Gasteiger partial charge >= 0.3 is 6.18 Å². The molecule has 3 N–H and O–H groups in total. The predicted molar refractivity (Wildman–Crippen MR) is 142 cm³/mol. The molecule has 0 aromatic carbocycles. The molecule has 5 rings (SSSR count). The summed E-state index contributed by atoms with van der Waals surface area (Å²) in [4.78, 5) is 36.8. The van der Waals surface area contributed by atoms with Crippen LogP contribution in [0, 0.1) is 5.92 Å². The second-order valence-corrected chi connectivity index (χ2v) is 12.7. The maximum absolute atomic E-state index is 14.4. The van der Waals surface area contributed by atoms with Crippen LogP contribution in [0.15, 0.2) is 12.3 Å². The summed E-state index contributed by atoms with van der Waals surface area (Å²) in [6.45, 7) is 4.60. The quantitative estimate of drug-likeness (QED) is 0.326. The molecule has 0 radical (unpaired) electrons. The second kappa shape index (κ2) is 10.8. The lowest BCUT2D eigenvalue weighted by atomic mass is 10.0. The number of hydrogen-bond donors (Lipinski definition) is 3. The van der Waals surface area contributed by atoms with E-state index in [2.05, 4.69) is 20.6 Å². The van der Waals surface area contributed by atoms with Gasteiger partial charge in [0.05, 0.1) is 16.5 Å². The van der Waals surface area contributed by atoms with Crippen LogP contribution in [0.3, 0.4) is 0 Å². The Balaban J connectivity index is 1.54. The second-order valence-electron chi connectivity index (χ2n) is 11.7. The summed E-state index contributed by atoms with van der Waals surface area (Å²) in [6.07, 6.45) is -2.67. The molecule has 2 bridgehead atoms. The van der Waals surface area contributed by atoms with Crippen LogP contribution < -0.4 is 10.6 Å². The summed E-state index contributed by atoms with van der Waals surface area (Å²) in [5.74, 6) is -2.19. The van der Waals surface area contributed by atoms with E-state index in [1.54, 1.807) is 11.8 Å². The molecule has 2 saturated heterocycles. The van der Waals surface area contributed by atoms with Gasteiger partial charge < -0.3 is 20.6 Å². The van der Waals surface area contributed by atoms with Crippen LogP contribution in [-0.4, -0.2) is 67.7 Å². The largest absolute Gasteiger partial charge is 0.408 e. The van der Waals surface area contributed by atoms with Gasteiger partial charge in [-0.2, -0.15) is 13.2 Å². The van der Waals surface area contributed by atoms with E-state index in [-0.39, 0.29) is 39.0 Å². The number of halogens is 5. The smallest absolute Gasteiger partial charge is 0.388 e. The van der Waals surface area contributed by atoms with Crippen LogP contribution in [0.4, 0.5) is 27.8 Å². The summed E-state index contributed by atoms with van der Waals surface area (Å²) in [5, 5.41) is 15.0. The molecule has 2 amide bonds. The van der Waals surface area contributed by atoms with E-state index in [1.165, 1.54) is 13.8 Å². The molecular formula is C27H32F5N5O3S. The van der Waals surface area contributed by atoms with Gasteiger partial charge in [-0.15, -0.1) is 11.3 Å². The van der Waals surface area contributed by atoms with Crippen molar-refractivity contribution in [1.82, 2.24) is 20.2 Å². The van der Waals surface area contributed by atoms with E-state index in [1.807, 2.05) is 0 Å². The topological polar surface area (TPSA) is 107 Å². The molecule has 0 spiro atoms. The molecule has 2 aliphatic heterocycles. The Morgan fingerprint density at radius 2 is 1.71 bits per heavy atom. The standard InChI is InChI=1S/C27H32F5N5O3S/c1-12(26(2,3)40)34-23(38)24-36-19(25(39)37-14-6-7-15(37)9-8-14)20(41-24)17-11-33-18(10-16(17)22(28)29)35-21(13-4-5-13)27(30,31)32/h10-15,21-22,40H,4-9H2,1-3H3,(H,33,35)(H,34,38)/t12-,14?,15?,21+/m1/s1. The zero-order valence-electron chi connectivity index (χ0n) is 22.8. The minimum absolute atomic E-state index is 0.00414. The molecule has 14 heteroatoms. The number of alkyl halides is 5. The fourth-order valence-corrected chi connectivity index (χ4v) is 6.51. The normalized spacial score (nSPS) is 22.2. The van der Waals surface area contributed by atoms with Crippen LogP contribution in [0.5, 0.6) is 0 Å². The number of nitrogens with one attached hydrogen (secondary N) is 2. The first kappa shape index (κ1) is 29.6. The number of hydrogen-bond acceptors (Lipinski definition) is 7. The SMILES string of the molecule is C[C@@H](NC(=O)c1nc(C(=O)N2C3CCC2CC3)c(-c2cnc(N[C@@H](C3CC3)C(F)(F)F)cc2C(F)F)s1)C(C)(C)O. The van der Waals surface area contributed by atoms with Gasteiger partial charge in [0.2, 0.25) is 0 Å². The highest BCUT2D eigenvalue weighted by Gasteiger charge is 2.49. The van der Waals surface area contributed by atoms with Crippen LogP contribution in [-0.2, 0) is 0 Å². The molecule has 41 heavy (non-hydrogen) atoms. The molecule has 8 nitrogen and oxygen atoms in total. The highest BCUT2D eigenvalue weighted by atomic mass is 32.1. The third kappa shape index (κ3) is 6.04. The molecular weight excluding hydrogens is 569 g/mol. The number of carbonyl (C=O) groups excluding carboxylic acids is 2. The Morgan fingerprint density at radius 1 is 1.10 bits per heavy atom. The number of rotatable bonds is 9. The van der Waals surface area contributed by atoms with Crippen molar-refractivity contribution in [2.45, 2.75) is 102 Å². The lowest BCUT2D eigenvalue weighted by molar-refractivity contribution is -0.146. The summed E-state index contributed by atoms with van der Waals surface area (Å²) >= 11 is 0.728. The van der Waals surface area contributed by atoms with E-state index >= 15 is 0 Å². The summed E-state index contributed by atoms with van der Waals surface area (Å²) < 4.78 is 69.4. The van der Waals surface area contributed by atoms with Gasteiger partial charge in [0.25, 0.3) is 18.2 Å². The number of fused-ring (bicyclic) bond motifs is 2. The molecule has 1 saturated carbocycles. The third-order valence-electron chi connectivity index (χ3n) is 8.28. The average molecular weight is 602 g/mol. The molecule has 224 valence electrons. The molecule has 2 atom stereocenters. The Labute approximate surface area is 237 Å². The highest BCUT2D eigenvalue weighted by molar-refractivity contribution is 7.17. The van der Waals surface area contributed by atoms with Crippen LogP contribution in [0.1, 0.15) is 91.6 Å². The van der Waals surface area contributed by atoms with Crippen molar-refractivity contribution >= 4 is 29.0 Å². The van der Waals surface area contributed by atoms with Crippen molar-refractivity contribution in [3.05, 3.63) is 28.5 Å². The third-order valence-corrected chi connectivity index (χ3v) is 9.37. The maximum Gasteiger partial charge on any atom is 0.408 e. The minimum Gasteiger partial charge on any atom is -0.388 e. The molecule has 2 aromatic rings. The van der Waals surface area contributed by atoms with Crippen molar-refractivity contribution in [2.24, 2.45) is 5.92 Å². The zero-order valence-corrected chi connectivity index (χ0v) is 23.6. The number of amides is 2. The molecule has 1 aliphatic carbocycles. The zero-order chi connectivity index (χ0) is 29.9. The molecule has 0 unspecified atom stereocenters. The molecule has 3 aliphatic rings. The lowest BCUT2D eigenvalue weighted by Crippen LogP contribution is -2.47. The van der Waals surface area contributed by atoms with E-state index in [0.717, 1.165) is 49.3 Å². The molecule has 3 fully saturated rings. The number of pyridine rings is 1. The molecule has 2 aromatic heterocycles. The predicted octanol–water partition coefficient (Wildman–Crippen LogP) is 5.55. The van der Waals surface area contributed by atoms with Gasteiger partial charge in [-0.1, -0.05) is 0 Å². The lowest BCUT2D eigenvalue weighted by Gasteiger charge is -2.26. The Bertz CT molecular complexity index is 1300. The van der Waals surface area contributed by atoms with Crippen molar-refractivity contribution in [1.29, 1.82) is 0 Å². The van der Waals surface area contributed by atoms with Gasteiger partial charge in [0, 0.05) is 29.4 Å². The number of nitrogens with zero attached hydrogens (tertiary/aromatic N) is 3. The first-order valence-electron chi connectivity index (χ1n) is 13.6. The Hall–Kier alpha value is -2.87. The van der Waals surface area contributed by atoms with Crippen LogP contribution in [0.2, 0.25) is 0 Å². The van der Waals surface area contributed by atoms with E-state index in [4.69, 9.17) is 0 Å². The van der Waals surface area contributed by atoms with Crippen molar-refractivity contribution in [2.75, 3.05) is 5.32 Å². The van der Waals surface area contributed by atoms with Crippen LogP contribution >= 0.6 is 11.3 Å². The number of anilines is 1. The monoisotopic (exact) mass is 601 g/mol. The highest BCUT2D eigenvalue weighted by Crippen LogP contribution is 2.44.